The van der Waals surface area contributed by atoms with E-state index in [4.69, 9.17) is 10.5 Å². The number of amides is 1. The minimum atomic E-state index is -1.20. The molecular weight excluding hydrogens is 346 g/mol. The molecule has 26 heavy (non-hydrogen) atoms. The van der Waals surface area contributed by atoms with Crippen LogP contribution in [0.25, 0.3) is 11.2 Å². The number of carbonyl (C=O) groups excluding carboxylic acids is 1. The van der Waals surface area contributed by atoms with Crippen molar-refractivity contribution in [1.29, 1.82) is 0 Å². The molecule has 3 heterocycles. The number of nitrogen functional groups attached to an aromatic ring is 1. The maximum Gasteiger partial charge on any atom is 0.281 e. The average molecular weight is 368 g/mol. The van der Waals surface area contributed by atoms with Gasteiger partial charge in [0.25, 0.3) is 5.91 Å². The van der Waals surface area contributed by atoms with Crippen molar-refractivity contribution in [3.8, 4) is 0 Å². The smallest absolute Gasteiger partial charge is 0.281 e. The molecule has 9 N–H and O–H groups in total. The van der Waals surface area contributed by atoms with Crippen LogP contribution in [0.5, 0.6) is 0 Å². The van der Waals surface area contributed by atoms with E-state index < -0.39 is 49.1 Å². The molecule has 2 aromatic heterocycles. The molecular formula is C14H22N7O5+. The Balaban J connectivity index is 1.86. The predicted molar refractivity (Wildman–Crippen MR) is 87.0 cm³/mol. The molecule has 1 aliphatic heterocycles. The van der Waals surface area contributed by atoms with E-state index in [2.05, 4.69) is 26.0 Å². The molecule has 12 nitrogen and oxygen atoms in total. The monoisotopic (exact) mass is 368 g/mol. The summed E-state index contributed by atoms with van der Waals surface area (Å²) >= 11 is 0. The summed E-state index contributed by atoms with van der Waals surface area (Å²) in [6.45, 7) is 1.01. The van der Waals surface area contributed by atoms with E-state index in [0.717, 1.165) is 0 Å². The lowest BCUT2D eigenvalue weighted by molar-refractivity contribution is -0.419. The first-order valence-electron chi connectivity index (χ1n) is 8.04. The molecule has 1 aliphatic rings. The predicted octanol–water partition coefficient (Wildman–Crippen LogP) is -3.86. The topological polar surface area (TPSA) is 196 Å². The van der Waals surface area contributed by atoms with Gasteiger partial charge in [-0.25, -0.2) is 15.0 Å². The number of carbonyl (C=O) groups is 1. The number of rotatable bonds is 5. The van der Waals surface area contributed by atoms with Crippen molar-refractivity contribution < 1.29 is 30.6 Å². The van der Waals surface area contributed by atoms with Crippen molar-refractivity contribution in [3.63, 3.8) is 0 Å². The SMILES string of the molecule is C[C@@H](O)[C@H]([NH3+])C(=O)N[C@H]1[C@@H](O)[C@H](n2cnc3c(N)ncnc32)O[C@@H]1CO. The van der Waals surface area contributed by atoms with Gasteiger partial charge in [-0.2, -0.15) is 0 Å². The molecule has 1 saturated heterocycles. The summed E-state index contributed by atoms with van der Waals surface area (Å²) in [5, 5.41) is 32.3. The zero-order valence-electron chi connectivity index (χ0n) is 14.1. The molecule has 2 aromatic rings. The second-order valence-electron chi connectivity index (χ2n) is 6.20. The fraction of sp³-hybridized carbons (Fsp3) is 0.571. The summed E-state index contributed by atoms with van der Waals surface area (Å²) in [5.41, 5.74) is 10.0. The molecule has 0 radical (unpaired) electrons. The number of anilines is 1. The first-order chi connectivity index (χ1) is 12.3. The Morgan fingerprint density at radius 2 is 2.23 bits per heavy atom. The number of nitrogens with two attached hydrogens (primary N) is 1. The first-order valence-corrected chi connectivity index (χ1v) is 8.04. The molecule has 3 rings (SSSR count). The second kappa shape index (κ2) is 7.09. The van der Waals surface area contributed by atoms with Gasteiger partial charge in [-0.1, -0.05) is 0 Å². The lowest BCUT2D eigenvalue weighted by atomic mass is 10.1. The standard InChI is InChI=1S/C14H21N7O5/c1-5(23)7(15)13(25)20-8-6(2-22)26-14(10(8)24)21-4-19-9-11(16)17-3-18-12(9)21/h3-8,10,14,22-24H,2,15H2,1H3,(H,20,25)(H2,16,17,18)/p+1/t5-,6-,7+,8-,10-,14-/m1/s1. The van der Waals surface area contributed by atoms with Crippen molar-refractivity contribution in [2.75, 3.05) is 12.3 Å². The van der Waals surface area contributed by atoms with Gasteiger partial charge in [0.1, 0.15) is 30.2 Å². The maximum absolute atomic E-state index is 12.2. The van der Waals surface area contributed by atoms with E-state index in [1.807, 2.05) is 0 Å². The van der Waals surface area contributed by atoms with E-state index in [1.165, 1.54) is 24.1 Å². The van der Waals surface area contributed by atoms with Gasteiger partial charge in [-0.15, -0.1) is 0 Å². The Labute approximate surface area is 147 Å². The summed E-state index contributed by atoms with van der Waals surface area (Å²) in [6.07, 6.45) is -1.33. The summed E-state index contributed by atoms with van der Waals surface area (Å²) in [6, 6.07) is -1.83. The van der Waals surface area contributed by atoms with Gasteiger partial charge in [0.2, 0.25) is 0 Å². The minimum absolute atomic E-state index is 0.182. The molecule has 0 aliphatic carbocycles. The number of nitrogens with one attached hydrogen (secondary N) is 1. The summed E-state index contributed by atoms with van der Waals surface area (Å²) in [5.74, 6) is -0.379. The molecule has 1 amide bonds. The molecule has 1 fully saturated rings. The minimum Gasteiger partial charge on any atom is -0.394 e. The third-order valence-electron chi connectivity index (χ3n) is 4.44. The highest BCUT2D eigenvalue weighted by Gasteiger charge is 2.46. The van der Waals surface area contributed by atoms with Crippen LogP contribution >= 0.6 is 0 Å². The third-order valence-corrected chi connectivity index (χ3v) is 4.44. The fourth-order valence-corrected chi connectivity index (χ4v) is 2.85. The zero-order chi connectivity index (χ0) is 19.0. The fourth-order valence-electron chi connectivity index (χ4n) is 2.85. The van der Waals surface area contributed by atoms with E-state index in [0.29, 0.717) is 11.2 Å². The van der Waals surface area contributed by atoms with Crippen molar-refractivity contribution in [3.05, 3.63) is 12.7 Å². The summed E-state index contributed by atoms with van der Waals surface area (Å²) < 4.78 is 7.15. The Hall–Kier alpha value is -2.38. The highest BCUT2D eigenvalue weighted by Crippen LogP contribution is 2.31. The lowest BCUT2D eigenvalue weighted by Gasteiger charge is -2.22. The molecule has 142 valence electrons. The Morgan fingerprint density at radius 3 is 2.88 bits per heavy atom. The van der Waals surface area contributed by atoms with Gasteiger partial charge in [0.05, 0.1) is 19.0 Å². The van der Waals surface area contributed by atoms with E-state index in [1.54, 1.807) is 0 Å². The number of hydrogen-bond donors (Lipinski definition) is 6. The largest absolute Gasteiger partial charge is 0.394 e. The molecule has 0 saturated carbocycles. The highest BCUT2D eigenvalue weighted by atomic mass is 16.5. The molecule has 0 spiro atoms. The van der Waals surface area contributed by atoms with E-state index in [-0.39, 0.29) is 5.82 Å². The van der Waals surface area contributed by atoms with Gasteiger partial charge in [-0.05, 0) is 6.92 Å². The van der Waals surface area contributed by atoms with Crippen molar-refractivity contribution in [1.82, 2.24) is 24.8 Å². The number of aromatic nitrogens is 4. The van der Waals surface area contributed by atoms with Gasteiger partial charge in [-0.3, -0.25) is 9.36 Å². The molecule has 0 aromatic carbocycles. The van der Waals surface area contributed by atoms with Crippen LogP contribution in [0.1, 0.15) is 13.2 Å². The highest BCUT2D eigenvalue weighted by molar-refractivity contribution is 5.82. The Bertz CT molecular complexity index is 797. The Morgan fingerprint density at radius 1 is 1.50 bits per heavy atom. The number of hydrogen-bond acceptors (Lipinski definition) is 9. The normalized spacial score (nSPS) is 28.2. The number of ether oxygens (including phenoxy) is 1. The average Bonchev–Trinajstić information content (AvgIpc) is 3.17. The van der Waals surface area contributed by atoms with Crippen molar-refractivity contribution in [2.24, 2.45) is 0 Å². The van der Waals surface area contributed by atoms with Crippen LogP contribution in [0, 0.1) is 0 Å². The first kappa shape index (κ1) is 18.4. The van der Waals surface area contributed by atoms with Crippen LogP contribution in [0.15, 0.2) is 12.7 Å². The quantitative estimate of drug-likeness (QED) is 0.306. The number of aliphatic hydroxyl groups excluding tert-OH is 3. The summed E-state index contributed by atoms with van der Waals surface area (Å²) in [7, 11) is 0. The van der Waals surface area contributed by atoms with Crippen LogP contribution in [-0.2, 0) is 9.53 Å². The molecule has 12 heteroatoms. The Kier molecular flexibility index (Phi) is 5.02. The van der Waals surface area contributed by atoms with Gasteiger partial charge in [0, 0.05) is 0 Å². The molecule has 0 unspecified atom stereocenters. The van der Waals surface area contributed by atoms with Gasteiger partial charge < -0.3 is 36.8 Å². The van der Waals surface area contributed by atoms with Crippen LogP contribution in [0.3, 0.4) is 0 Å². The van der Waals surface area contributed by atoms with Crippen molar-refractivity contribution in [2.45, 2.75) is 43.5 Å². The number of nitrogens with zero attached hydrogens (tertiary/aromatic N) is 4. The molecule has 0 bridgehead atoms. The zero-order valence-corrected chi connectivity index (χ0v) is 14.1. The van der Waals surface area contributed by atoms with E-state index >= 15 is 0 Å². The van der Waals surface area contributed by atoms with Gasteiger partial charge in [0.15, 0.2) is 23.7 Å². The van der Waals surface area contributed by atoms with Crippen LogP contribution in [0.2, 0.25) is 0 Å². The second-order valence-corrected chi connectivity index (χ2v) is 6.20. The van der Waals surface area contributed by atoms with Crippen LogP contribution in [-0.4, -0.2) is 77.7 Å². The molecule has 6 atom stereocenters. The number of quaternary nitrogens is 1. The number of fused-ring (bicyclic) bond motifs is 1. The van der Waals surface area contributed by atoms with E-state index in [9.17, 15) is 20.1 Å². The van der Waals surface area contributed by atoms with Crippen molar-refractivity contribution >= 4 is 22.9 Å². The van der Waals surface area contributed by atoms with Crippen LogP contribution in [0.4, 0.5) is 5.82 Å². The lowest BCUT2D eigenvalue weighted by Crippen LogP contribution is -2.73. The van der Waals surface area contributed by atoms with Gasteiger partial charge >= 0.3 is 0 Å². The van der Waals surface area contributed by atoms with Crippen LogP contribution < -0.4 is 16.8 Å². The summed E-state index contributed by atoms with van der Waals surface area (Å²) in [4.78, 5) is 24.2. The maximum atomic E-state index is 12.2. The number of aliphatic hydroxyl groups is 3. The number of imidazole rings is 1. The third kappa shape index (κ3) is 3.08.